The summed E-state index contributed by atoms with van der Waals surface area (Å²) in [7, 11) is 0. The van der Waals surface area contributed by atoms with Gasteiger partial charge in [-0.25, -0.2) is 0 Å². The molecule has 2 fully saturated rings. The van der Waals surface area contributed by atoms with Gasteiger partial charge < -0.3 is 10.2 Å². The average Bonchev–Trinajstić information content (AvgIpc) is 2.25. The van der Waals surface area contributed by atoms with Crippen molar-refractivity contribution in [1.82, 2.24) is 0 Å². The molecular formula is C11H18O3. The lowest BCUT2D eigenvalue weighted by atomic mass is 9.74. The van der Waals surface area contributed by atoms with Crippen LogP contribution in [0.4, 0.5) is 0 Å². The van der Waals surface area contributed by atoms with Crippen molar-refractivity contribution >= 4 is 5.97 Å². The van der Waals surface area contributed by atoms with Crippen molar-refractivity contribution in [3.63, 3.8) is 0 Å². The molecule has 2 aliphatic carbocycles. The van der Waals surface area contributed by atoms with Crippen molar-refractivity contribution in [3.8, 4) is 0 Å². The predicted molar refractivity (Wildman–Crippen MR) is 51.8 cm³/mol. The van der Waals surface area contributed by atoms with Crippen molar-refractivity contribution in [2.75, 3.05) is 0 Å². The molecule has 2 saturated carbocycles. The third kappa shape index (κ3) is 2.08. The Morgan fingerprint density at radius 1 is 1.00 bits per heavy atom. The number of aliphatic carboxylic acids is 1. The van der Waals surface area contributed by atoms with Crippen molar-refractivity contribution in [2.45, 2.75) is 44.6 Å². The van der Waals surface area contributed by atoms with E-state index in [1.54, 1.807) is 0 Å². The fourth-order valence-electron chi connectivity index (χ4n) is 3.13. The third-order valence-corrected chi connectivity index (χ3v) is 3.77. The normalized spacial score (nSPS) is 42.9. The number of carboxylic acids is 1. The summed E-state index contributed by atoms with van der Waals surface area (Å²) in [6.07, 6.45) is 5.27. The van der Waals surface area contributed by atoms with Gasteiger partial charge in [0.2, 0.25) is 0 Å². The van der Waals surface area contributed by atoms with Crippen LogP contribution < -0.4 is 0 Å². The Morgan fingerprint density at radius 3 is 2.43 bits per heavy atom. The summed E-state index contributed by atoms with van der Waals surface area (Å²) in [6.45, 7) is 0. The molecule has 2 N–H and O–H groups in total. The molecule has 0 aromatic rings. The highest BCUT2D eigenvalue weighted by Crippen LogP contribution is 2.41. The van der Waals surface area contributed by atoms with E-state index in [2.05, 4.69) is 0 Å². The summed E-state index contributed by atoms with van der Waals surface area (Å²) < 4.78 is 0. The number of aliphatic hydroxyl groups is 1. The van der Waals surface area contributed by atoms with Gasteiger partial charge in [0.1, 0.15) is 0 Å². The molecule has 0 aromatic carbocycles. The zero-order valence-electron chi connectivity index (χ0n) is 8.35. The first-order valence-electron chi connectivity index (χ1n) is 5.56. The van der Waals surface area contributed by atoms with E-state index in [4.69, 9.17) is 5.11 Å². The molecule has 0 saturated heterocycles. The number of fused-ring (bicyclic) bond motifs is 2. The SMILES string of the molecule is O=C(O)C1CC2CCC(O)CC(C2)C1. The standard InChI is InChI=1S/C11H18O3/c12-10-2-1-7-3-8(6-10)5-9(4-7)11(13)14/h7-10,12H,1-6H2,(H,13,14). The van der Waals surface area contributed by atoms with Gasteiger partial charge in [-0.15, -0.1) is 0 Å². The van der Waals surface area contributed by atoms with Gasteiger partial charge in [0, 0.05) is 0 Å². The van der Waals surface area contributed by atoms with Crippen LogP contribution in [0.15, 0.2) is 0 Å². The molecule has 2 bridgehead atoms. The van der Waals surface area contributed by atoms with Gasteiger partial charge in [-0.1, -0.05) is 0 Å². The minimum Gasteiger partial charge on any atom is -0.481 e. The summed E-state index contributed by atoms with van der Waals surface area (Å²) in [5, 5.41) is 18.6. The predicted octanol–water partition coefficient (Wildman–Crippen LogP) is 1.65. The quantitative estimate of drug-likeness (QED) is 0.673. The highest BCUT2D eigenvalue weighted by atomic mass is 16.4. The van der Waals surface area contributed by atoms with Crippen molar-refractivity contribution in [2.24, 2.45) is 17.8 Å². The molecule has 14 heavy (non-hydrogen) atoms. The fourth-order valence-corrected chi connectivity index (χ4v) is 3.13. The van der Waals surface area contributed by atoms with Crippen LogP contribution in [0.5, 0.6) is 0 Å². The molecular weight excluding hydrogens is 180 g/mol. The maximum absolute atomic E-state index is 10.9. The lowest BCUT2D eigenvalue weighted by molar-refractivity contribution is -0.144. The average molecular weight is 198 g/mol. The van der Waals surface area contributed by atoms with Crippen LogP contribution in [0.2, 0.25) is 0 Å². The van der Waals surface area contributed by atoms with Crippen LogP contribution >= 0.6 is 0 Å². The first-order valence-corrected chi connectivity index (χ1v) is 5.56. The number of rotatable bonds is 1. The molecule has 0 heterocycles. The van der Waals surface area contributed by atoms with Gasteiger partial charge >= 0.3 is 5.97 Å². The molecule has 4 unspecified atom stereocenters. The van der Waals surface area contributed by atoms with Crippen LogP contribution in [-0.2, 0) is 4.79 Å². The van der Waals surface area contributed by atoms with E-state index in [9.17, 15) is 9.90 Å². The molecule has 3 heteroatoms. The summed E-state index contributed by atoms with van der Waals surface area (Å²) in [6, 6.07) is 0. The zero-order valence-corrected chi connectivity index (χ0v) is 8.35. The molecule has 0 radical (unpaired) electrons. The highest BCUT2D eigenvalue weighted by Gasteiger charge is 2.35. The number of carboxylic acid groups (broad SMARTS) is 1. The van der Waals surface area contributed by atoms with Gasteiger partial charge in [0.25, 0.3) is 0 Å². The summed E-state index contributed by atoms with van der Waals surface area (Å²) in [5.74, 6) is 0.208. The van der Waals surface area contributed by atoms with E-state index in [0.717, 1.165) is 38.5 Å². The molecule has 0 aromatic heterocycles. The third-order valence-electron chi connectivity index (χ3n) is 3.77. The second-order valence-corrected chi connectivity index (χ2v) is 4.94. The number of hydrogen-bond acceptors (Lipinski definition) is 2. The lowest BCUT2D eigenvalue weighted by Gasteiger charge is -2.30. The van der Waals surface area contributed by atoms with Gasteiger partial charge in [-0.05, 0) is 50.4 Å². The number of carbonyl (C=O) groups is 1. The van der Waals surface area contributed by atoms with Gasteiger partial charge in [0.05, 0.1) is 12.0 Å². The van der Waals surface area contributed by atoms with Crippen LogP contribution in [0.1, 0.15) is 38.5 Å². The highest BCUT2D eigenvalue weighted by molar-refractivity contribution is 5.70. The van der Waals surface area contributed by atoms with Crippen molar-refractivity contribution < 1.29 is 15.0 Å². The number of aliphatic hydroxyl groups excluding tert-OH is 1. The maximum atomic E-state index is 10.9. The second kappa shape index (κ2) is 3.89. The summed E-state index contributed by atoms with van der Waals surface area (Å²) in [4.78, 5) is 10.9. The van der Waals surface area contributed by atoms with Gasteiger partial charge in [-0.3, -0.25) is 4.79 Å². The lowest BCUT2D eigenvalue weighted by Crippen LogP contribution is -2.27. The minimum absolute atomic E-state index is 0.149. The van der Waals surface area contributed by atoms with E-state index >= 15 is 0 Å². The summed E-state index contributed by atoms with van der Waals surface area (Å²) in [5.41, 5.74) is 0. The van der Waals surface area contributed by atoms with E-state index in [1.807, 2.05) is 0 Å². The van der Waals surface area contributed by atoms with Crippen LogP contribution in [0.3, 0.4) is 0 Å². The van der Waals surface area contributed by atoms with Crippen LogP contribution in [0, 0.1) is 17.8 Å². The Labute approximate surface area is 84.1 Å². The Balaban J connectivity index is 2.04. The van der Waals surface area contributed by atoms with E-state index in [1.165, 1.54) is 0 Å². The van der Waals surface area contributed by atoms with Crippen LogP contribution in [0.25, 0.3) is 0 Å². The van der Waals surface area contributed by atoms with Gasteiger partial charge in [-0.2, -0.15) is 0 Å². The largest absolute Gasteiger partial charge is 0.481 e. The number of hydrogen-bond donors (Lipinski definition) is 2. The van der Waals surface area contributed by atoms with Crippen molar-refractivity contribution in [3.05, 3.63) is 0 Å². The molecule has 2 aliphatic rings. The van der Waals surface area contributed by atoms with E-state index in [-0.39, 0.29) is 12.0 Å². The molecule has 4 atom stereocenters. The molecule has 0 aliphatic heterocycles. The van der Waals surface area contributed by atoms with E-state index < -0.39 is 5.97 Å². The second-order valence-electron chi connectivity index (χ2n) is 4.94. The van der Waals surface area contributed by atoms with Gasteiger partial charge in [0.15, 0.2) is 0 Å². The first kappa shape index (κ1) is 9.97. The van der Waals surface area contributed by atoms with Crippen LogP contribution in [-0.4, -0.2) is 22.3 Å². The molecule has 3 nitrogen and oxygen atoms in total. The first-order chi connectivity index (χ1) is 6.65. The molecule has 0 spiro atoms. The zero-order chi connectivity index (χ0) is 10.1. The minimum atomic E-state index is -0.643. The maximum Gasteiger partial charge on any atom is 0.306 e. The van der Waals surface area contributed by atoms with E-state index in [0.29, 0.717) is 11.8 Å². The monoisotopic (exact) mass is 198 g/mol. The molecule has 0 amide bonds. The molecule has 80 valence electrons. The Bertz CT molecular complexity index is 225. The molecule has 2 rings (SSSR count). The topological polar surface area (TPSA) is 57.5 Å². The summed E-state index contributed by atoms with van der Waals surface area (Å²) >= 11 is 0. The smallest absolute Gasteiger partial charge is 0.306 e. The Hall–Kier alpha value is -0.570. The fraction of sp³-hybridized carbons (Fsp3) is 0.909. The van der Waals surface area contributed by atoms with Crippen molar-refractivity contribution in [1.29, 1.82) is 0 Å². The Kier molecular flexibility index (Phi) is 2.77. The Morgan fingerprint density at radius 2 is 1.71 bits per heavy atom.